The van der Waals surface area contributed by atoms with E-state index in [1.54, 1.807) is 4.68 Å². The van der Waals surface area contributed by atoms with Crippen molar-refractivity contribution in [3.8, 4) is 0 Å². The zero-order chi connectivity index (χ0) is 6.97. The lowest BCUT2D eigenvalue weighted by Gasteiger charge is -2.13. The van der Waals surface area contributed by atoms with Gasteiger partial charge in [0.2, 0.25) is 5.95 Å². The first-order valence-electron chi connectivity index (χ1n) is 3.20. The topological polar surface area (TPSA) is 42.7 Å². The molecule has 1 aromatic rings. The van der Waals surface area contributed by atoms with Crippen molar-refractivity contribution in [3.63, 3.8) is 0 Å². The molecule has 4 nitrogen and oxygen atoms in total. The van der Waals surface area contributed by atoms with Gasteiger partial charge in [-0.3, -0.25) is 0 Å². The molecule has 52 valence electrons. The third kappa shape index (κ3) is 0.689. The van der Waals surface area contributed by atoms with Crippen LogP contribution in [0.25, 0.3) is 6.20 Å². The van der Waals surface area contributed by atoms with Gasteiger partial charge in [0.05, 0.1) is 0 Å². The lowest BCUT2D eigenvalue weighted by Crippen LogP contribution is -2.19. The summed E-state index contributed by atoms with van der Waals surface area (Å²) in [6, 6.07) is 0.358. The van der Waals surface area contributed by atoms with Crippen LogP contribution in [0.5, 0.6) is 0 Å². The summed E-state index contributed by atoms with van der Waals surface area (Å²) in [4.78, 5) is 4.00. The van der Waals surface area contributed by atoms with Gasteiger partial charge in [0, 0.05) is 12.2 Å². The second-order valence-corrected chi connectivity index (χ2v) is 2.30. The number of nitrogens with one attached hydrogen (secondary N) is 1. The maximum absolute atomic E-state index is 4.00. The average molecular weight is 136 g/mol. The zero-order valence-electron chi connectivity index (χ0n) is 5.65. The number of anilines is 1. The predicted molar refractivity (Wildman–Crippen MR) is 38.4 cm³/mol. The van der Waals surface area contributed by atoms with Gasteiger partial charge in [-0.05, 0) is 13.0 Å². The summed E-state index contributed by atoms with van der Waals surface area (Å²) in [7, 11) is 0. The molecule has 10 heavy (non-hydrogen) atoms. The Balaban J connectivity index is 2.43. The molecule has 0 spiro atoms. The van der Waals surface area contributed by atoms with E-state index in [4.69, 9.17) is 0 Å². The molecular formula is C6H8N4. The minimum atomic E-state index is 0.358. The predicted octanol–water partition coefficient (Wildman–Crippen LogP) is 0.563. The Labute approximate surface area is 58.6 Å². The fraction of sp³-hybridized carbons (Fsp3) is 0.333. The fourth-order valence-electron chi connectivity index (χ4n) is 0.925. The summed E-state index contributed by atoms with van der Waals surface area (Å²) in [6.45, 7) is 2.06. The summed E-state index contributed by atoms with van der Waals surface area (Å²) in [5.74, 6) is 0.815. The zero-order valence-corrected chi connectivity index (χ0v) is 5.65. The first-order chi connectivity index (χ1) is 4.86. The molecule has 0 fully saturated rings. The van der Waals surface area contributed by atoms with Crippen LogP contribution in [0.4, 0.5) is 5.95 Å². The van der Waals surface area contributed by atoms with Crippen molar-refractivity contribution in [2.75, 3.05) is 5.32 Å². The quantitative estimate of drug-likeness (QED) is 0.566. The normalized spacial score (nSPS) is 21.9. The molecule has 4 heteroatoms. The first-order valence-corrected chi connectivity index (χ1v) is 3.20. The van der Waals surface area contributed by atoms with Crippen LogP contribution in [-0.4, -0.2) is 20.8 Å². The summed E-state index contributed by atoms with van der Waals surface area (Å²) < 4.78 is 1.71. The summed E-state index contributed by atoms with van der Waals surface area (Å²) in [5, 5.41) is 7.09. The van der Waals surface area contributed by atoms with Crippen LogP contribution in [0.15, 0.2) is 12.4 Å². The Kier molecular flexibility index (Phi) is 1.00. The lowest BCUT2D eigenvalue weighted by atomic mass is 10.3. The molecule has 1 N–H and O–H groups in total. The number of rotatable bonds is 0. The van der Waals surface area contributed by atoms with Gasteiger partial charge < -0.3 is 5.32 Å². The first kappa shape index (κ1) is 5.46. The van der Waals surface area contributed by atoms with E-state index in [0.29, 0.717) is 6.04 Å². The minimum absolute atomic E-state index is 0.358. The maximum Gasteiger partial charge on any atom is 0.225 e. The van der Waals surface area contributed by atoms with Crippen LogP contribution >= 0.6 is 0 Å². The highest BCUT2D eigenvalue weighted by Gasteiger charge is 2.08. The van der Waals surface area contributed by atoms with Gasteiger partial charge in [-0.25, -0.2) is 4.68 Å². The lowest BCUT2D eigenvalue weighted by molar-refractivity contribution is 0.858. The number of nitrogens with zero attached hydrogens (tertiary/aromatic N) is 3. The second kappa shape index (κ2) is 1.83. The molecule has 0 bridgehead atoms. The van der Waals surface area contributed by atoms with E-state index < -0.39 is 0 Å². The molecule has 0 aromatic carbocycles. The van der Waals surface area contributed by atoms with E-state index in [-0.39, 0.29) is 0 Å². The van der Waals surface area contributed by atoms with E-state index in [1.165, 1.54) is 6.33 Å². The van der Waals surface area contributed by atoms with Gasteiger partial charge in [-0.2, -0.15) is 10.1 Å². The molecule has 1 aliphatic heterocycles. The standard InChI is InChI=1S/C6H8N4/c1-5-2-3-10-6(9-5)7-4-8-10/h2-5H,1H3,(H,7,8,9). The third-order valence-electron chi connectivity index (χ3n) is 1.45. The van der Waals surface area contributed by atoms with E-state index in [1.807, 2.05) is 12.3 Å². The van der Waals surface area contributed by atoms with Crippen LogP contribution in [0.1, 0.15) is 6.92 Å². The van der Waals surface area contributed by atoms with Crippen LogP contribution in [0.2, 0.25) is 0 Å². The van der Waals surface area contributed by atoms with Gasteiger partial charge in [-0.1, -0.05) is 0 Å². The summed E-state index contributed by atoms with van der Waals surface area (Å²) >= 11 is 0. The number of hydrogen-bond acceptors (Lipinski definition) is 3. The van der Waals surface area contributed by atoms with Gasteiger partial charge in [-0.15, -0.1) is 0 Å². The van der Waals surface area contributed by atoms with Crippen molar-refractivity contribution >= 4 is 12.1 Å². The van der Waals surface area contributed by atoms with Crippen molar-refractivity contribution in [2.45, 2.75) is 13.0 Å². The van der Waals surface area contributed by atoms with Gasteiger partial charge in [0.1, 0.15) is 6.33 Å². The van der Waals surface area contributed by atoms with Crippen molar-refractivity contribution in [1.29, 1.82) is 0 Å². The van der Waals surface area contributed by atoms with Gasteiger partial charge >= 0.3 is 0 Å². The molecule has 1 aliphatic rings. The molecule has 0 amide bonds. The molecule has 0 saturated heterocycles. The summed E-state index contributed by atoms with van der Waals surface area (Å²) in [5.41, 5.74) is 0. The molecule has 0 saturated carbocycles. The second-order valence-electron chi connectivity index (χ2n) is 2.30. The number of aromatic nitrogens is 3. The van der Waals surface area contributed by atoms with E-state index in [2.05, 4.69) is 22.3 Å². The Bertz CT molecular complexity index is 262. The Morgan fingerprint density at radius 3 is 3.50 bits per heavy atom. The van der Waals surface area contributed by atoms with Gasteiger partial charge in [0.15, 0.2) is 0 Å². The largest absolute Gasteiger partial charge is 0.348 e. The Morgan fingerprint density at radius 2 is 2.60 bits per heavy atom. The van der Waals surface area contributed by atoms with E-state index >= 15 is 0 Å². The number of fused-ring (bicyclic) bond motifs is 1. The molecule has 2 rings (SSSR count). The van der Waals surface area contributed by atoms with E-state index in [9.17, 15) is 0 Å². The smallest absolute Gasteiger partial charge is 0.225 e. The summed E-state index contributed by atoms with van der Waals surface area (Å²) in [6.07, 6.45) is 5.47. The van der Waals surface area contributed by atoms with E-state index in [0.717, 1.165) is 5.95 Å². The van der Waals surface area contributed by atoms with Crippen LogP contribution < -0.4 is 5.32 Å². The molecule has 2 heterocycles. The van der Waals surface area contributed by atoms with Crippen molar-refractivity contribution in [3.05, 3.63) is 12.4 Å². The third-order valence-corrected chi connectivity index (χ3v) is 1.45. The highest BCUT2D eigenvalue weighted by Crippen LogP contribution is 2.09. The molecule has 0 aliphatic carbocycles. The fourth-order valence-corrected chi connectivity index (χ4v) is 0.925. The highest BCUT2D eigenvalue weighted by atomic mass is 15.4. The molecule has 0 radical (unpaired) electrons. The molecule has 1 atom stereocenters. The molecule has 1 unspecified atom stereocenters. The number of hydrogen-bond donors (Lipinski definition) is 1. The Morgan fingerprint density at radius 1 is 1.70 bits per heavy atom. The van der Waals surface area contributed by atoms with Crippen molar-refractivity contribution < 1.29 is 0 Å². The van der Waals surface area contributed by atoms with Crippen LogP contribution in [-0.2, 0) is 0 Å². The van der Waals surface area contributed by atoms with Crippen molar-refractivity contribution in [2.24, 2.45) is 0 Å². The van der Waals surface area contributed by atoms with Crippen LogP contribution in [0, 0.1) is 0 Å². The molecule has 1 aromatic heterocycles. The highest BCUT2D eigenvalue weighted by molar-refractivity contribution is 5.43. The maximum atomic E-state index is 4.00. The Hall–Kier alpha value is -1.32. The minimum Gasteiger partial charge on any atom is -0.348 e. The van der Waals surface area contributed by atoms with Crippen molar-refractivity contribution in [1.82, 2.24) is 14.8 Å². The monoisotopic (exact) mass is 136 g/mol. The van der Waals surface area contributed by atoms with Gasteiger partial charge in [0.25, 0.3) is 0 Å². The SMILES string of the molecule is CC1C=Cn2ncnc2N1. The van der Waals surface area contributed by atoms with Crippen LogP contribution in [0.3, 0.4) is 0 Å². The molecular weight excluding hydrogens is 128 g/mol. The average Bonchev–Trinajstić information content (AvgIpc) is 2.33.